The summed E-state index contributed by atoms with van der Waals surface area (Å²) in [6.07, 6.45) is 0.911. The van der Waals surface area contributed by atoms with E-state index in [-0.39, 0.29) is 16.6 Å². The minimum absolute atomic E-state index is 0.0657. The number of primary sulfonamides is 1. The molecule has 0 aromatic heterocycles. The number of hydrogen-bond acceptors (Lipinski definition) is 5. The van der Waals surface area contributed by atoms with Gasteiger partial charge in [0.15, 0.2) is 0 Å². The fourth-order valence-corrected chi connectivity index (χ4v) is 3.24. The van der Waals surface area contributed by atoms with Crippen molar-refractivity contribution in [1.82, 2.24) is 0 Å². The second-order valence-electron chi connectivity index (χ2n) is 5.15. The van der Waals surface area contributed by atoms with Gasteiger partial charge < -0.3 is 4.90 Å². The number of sulfonamides is 1. The minimum atomic E-state index is -3.92. The Hall–Kier alpha value is -1.67. The lowest BCUT2D eigenvalue weighted by molar-refractivity contribution is -0.384. The van der Waals surface area contributed by atoms with Gasteiger partial charge in [0.1, 0.15) is 4.90 Å². The Labute approximate surface area is 117 Å². The molecular formula is C12H17N3O4S. The van der Waals surface area contributed by atoms with Crippen LogP contribution in [0.4, 0.5) is 11.4 Å². The average molecular weight is 299 g/mol. The highest BCUT2D eigenvalue weighted by atomic mass is 32.2. The third kappa shape index (κ3) is 2.61. The summed E-state index contributed by atoms with van der Waals surface area (Å²) in [5.74, 6) is 0.391. The molecule has 0 aliphatic carbocycles. The number of nitrogens with zero attached hydrogens (tertiary/aromatic N) is 2. The molecule has 1 fully saturated rings. The van der Waals surface area contributed by atoms with Crippen LogP contribution < -0.4 is 10.0 Å². The van der Waals surface area contributed by atoms with Crippen LogP contribution in [0.15, 0.2) is 23.1 Å². The quantitative estimate of drug-likeness (QED) is 0.672. The highest BCUT2D eigenvalue weighted by Gasteiger charge is 2.31. The number of nitro benzene ring substituents is 1. The molecule has 2 rings (SSSR count). The zero-order chi connectivity index (χ0) is 15.1. The molecule has 2 atom stereocenters. The van der Waals surface area contributed by atoms with E-state index in [0.717, 1.165) is 12.5 Å². The molecule has 0 amide bonds. The van der Waals surface area contributed by atoms with E-state index in [9.17, 15) is 18.5 Å². The van der Waals surface area contributed by atoms with Gasteiger partial charge in [-0.15, -0.1) is 0 Å². The van der Waals surface area contributed by atoms with Crippen LogP contribution in [-0.2, 0) is 10.0 Å². The summed E-state index contributed by atoms with van der Waals surface area (Å²) in [4.78, 5) is 12.1. The molecule has 0 saturated carbocycles. The summed E-state index contributed by atoms with van der Waals surface area (Å²) < 4.78 is 23.3. The van der Waals surface area contributed by atoms with Crippen molar-refractivity contribution in [3.05, 3.63) is 28.3 Å². The van der Waals surface area contributed by atoms with E-state index in [2.05, 4.69) is 6.92 Å². The van der Waals surface area contributed by atoms with E-state index in [1.807, 2.05) is 11.8 Å². The lowest BCUT2D eigenvalue weighted by Gasteiger charge is -2.27. The first kappa shape index (κ1) is 14.7. The van der Waals surface area contributed by atoms with Crippen molar-refractivity contribution in [2.75, 3.05) is 11.4 Å². The predicted molar refractivity (Wildman–Crippen MR) is 75.1 cm³/mol. The SMILES string of the molecule is CC1CCN(c2cc([N+](=O)[O-])ccc2S(N)(=O)=O)C1C. The minimum Gasteiger partial charge on any atom is -0.367 e. The molecule has 2 unspecified atom stereocenters. The van der Waals surface area contributed by atoms with Crippen molar-refractivity contribution in [2.45, 2.75) is 31.2 Å². The van der Waals surface area contributed by atoms with Crippen molar-refractivity contribution in [3.63, 3.8) is 0 Å². The van der Waals surface area contributed by atoms with Gasteiger partial charge in [-0.3, -0.25) is 10.1 Å². The summed E-state index contributed by atoms with van der Waals surface area (Å²) in [6.45, 7) is 4.70. The standard InChI is InChI=1S/C12H17N3O4S/c1-8-5-6-14(9(8)2)11-7-10(15(16)17)3-4-12(11)20(13,18)19/h3-4,7-9H,5-6H2,1-2H3,(H2,13,18,19). The lowest BCUT2D eigenvalue weighted by Crippen LogP contribution is -2.31. The van der Waals surface area contributed by atoms with E-state index in [1.54, 1.807) is 0 Å². The summed E-state index contributed by atoms with van der Waals surface area (Å²) in [5.41, 5.74) is 0.178. The number of nitrogens with two attached hydrogens (primary N) is 1. The molecule has 8 heteroatoms. The number of rotatable bonds is 3. The van der Waals surface area contributed by atoms with E-state index in [0.29, 0.717) is 18.2 Å². The topological polar surface area (TPSA) is 107 Å². The van der Waals surface area contributed by atoms with Crippen molar-refractivity contribution in [1.29, 1.82) is 0 Å². The second kappa shape index (κ2) is 5.02. The molecule has 0 bridgehead atoms. The summed E-state index contributed by atoms with van der Waals surface area (Å²) in [7, 11) is -3.92. The van der Waals surface area contributed by atoms with Gasteiger partial charge in [0.2, 0.25) is 10.0 Å². The highest BCUT2D eigenvalue weighted by Crippen LogP contribution is 2.35. The third-order valence-corrected chi connectivity index (χ3v) is 4.87. The monoisotopic (exact) mass is 299 g/mol. The van der Waals surface area contributed by atoms with Crippen LogP contribution in [0.3, 0.4) is 0 Å². The summed E-state index contributed by atoms with van der Waals surface area (Å²) in [6, 6.07) is 3.76. The van der Waals surface area contributed by atoms with E-state index in [4.69, 9.17) is 5.14 Å². The maximum absolute atomic E-state index is 11.7. The third-order valence-electron chi connectivity index (χ3n) is 3.91. The molecule has 7 nitrogen and oxygen atoms in total. The Bertz CT molecular complexity index is 644. The molecule has 1 saturated heterocycles. The number of non-ortho nitro benzene ring substituents is 1. The fourth-order valence-electron chi connectivity index (χ4n) is 2.52. The Balaban J connectivity index is 2.59. The van der Waals surface area contributed by atoms with Gasteiger partial charge in [0.25, 0.3) is 5.69 Å². The molecule has 110 valence electrons. The zero-order valence-electron chi connectivity index (χ0n) is 11.3. The highest BCUT2D eigenvalue weighted by molar-refractivity contribution is 7.89. The molecule has 0 spiro atoms. The Kier molecular flexibility index (Phi) is 3.70. The van der Waals surface area contributed by atoms with Gasteiger partial charge in [0, 0.05) is 24.7 Å². The van der Waals surface area contributed by atoms with Crippen LogP contribution in [-0.4, -0.2) is 25.9 Å². The van der Waals surface area contributed by atoms with Crippen molar-refractivity contribution >= 4 is 21.4 Å². The number of hydrogen-bond donors (Lipinski definition) is 1. The van der Waals surface area contributed by atoms with Gasteiger partial charge in [-0.1, -0.05) is 6.92 Å². The smallest absolute Gasteiger partial charge is 0.271 e. The van der Waals surface area contributed by atoms with E-state index < -0.39 is 14.9 Å². The van der Waals surface area contributed by atoms with E-state index >= 15 is 0 Å². The molecule has 2 N–H and O–H groups in total. The van der Waals surface area contributed by atoms with Crippen LogP contribution in [0.1, 0.15) is 20.3 Å². The Morgan fingerprint density at radius 3 is 2.50 bits per heavy atom. The molecule has 1 aliphatic heterocycles. The molecular weight excluding hydrogens is 282 g/mol. The van der Waals surface area contributed by atoms with Crippen LogP contribution in [0.25, 0.3) is 0 Å². The van der Waals surface area contributed by atoms with Gasteiger partial charge in [-0.05, 0) is 25.3 Å². The van der Waals surface area contributed by atoms with Gasteiger partial charge in [0.05, 0.1) is 10.6 Å². The van der Waals surface area contributed by atoms with Gasteiger partial charge in [-0.25, -0.2) is 13.6 Å². The van der Waals surface area contributed by atoms with Crippen LogP contribution in [0.2, 0.25) is 0 Å². The largest absolute Gasteiger partial charge is 0.367 e. The van der Waals surface area contributed by atoms with Crippen molar-refractivity contribution in [3.8, 4) is 0 Å². The number of benzene rings is 1. The average Bonchev–Trinajstić information content (AvgIpc) is 2.68. The number of nitro groups is 1. The second-order valence-corrected chi connectivity index (χ2v) is 6.68. The Morgan fingerprint density at radius 1 is 1.40 bits per heavy atom. The molecule has 1 heterocycles. The molecule has 20 heavy (non-hydrogen) atoms. The lowest BCUT2D eigenvalue weighted by atomic mass is 10.1. The van der Waals surface area contributed by atoms with E-state index in [1.165, 1.54) is 12.1 Å². The van der Waals surface area contributed by atoms with Crippen LogP contribution in [0.5, 0.6) is 0 Å². The number of anilines is 1. The predicted octanol–water partition coefficient (Wildman–Crippen LogP) is 1.48. The first-order valence-corrected chi connectivity index (χ1v) is 7.84. The first-order chi connectivity index (χ1) is 9.21. The van der Waals surface area contributed by atoms with Crippen molar-refractivity contribution < 1.29 is 13.3 Å². The maximum Gasteiger partial charge on any atom is 0.271 e. The zero-order valence-corrected chi connectivity index (χ0v) is 12.1. The van der Waals surface area contributed by atoms with Gasteiger partial charge >= 0.3 is 0 Å². The van der Waals surface area contributed by atoms with Crippen molar-refractivity contribution in [2.24, 2.45) is 11.1 Å². The summed E-state index contributed by atoms with van der Waals surface area (Å²) in [5, 5.41) is 16.1. The molecule has 1 aliphatic rings. The Morgan fingerprint density at radius 2 is 2.05 bits per heavy atom. The molecule has 0 radical (unpaired) electrons. The molecule has 1 aromatic rings. The first-order valence-electron chi connectivity index (χ1n) is 6.29. The molecule has 1 aromatic carbocycles. The van der Waals surface area contributed by atoms with Crippen LogP contribution >= 0.6 is 0 Å². The maximum atomic E-state index is 11.7. The van der Waals surface area contributed by atoms with Crippen LogP contribution in [0, 0.1) is 16.0 Å². The fraction of sp³-hybridized carbons (Fsp3) is 0.500. The normalized spacial score (nSPS) is 23.1. The summed E-state index contributed by atoms with van der Waals surface area (Å²) >= 11 is 0. The van der Waals surface area contributed by atoms with Gasteiger partial charge in [-0.2, -0.15) is 0 Å².